The fraction of sp³-hybridized carbons (Fsp3) is 0.286. The van der Waals surface area contributed by atoms with Crippen molar-refractivity contribution < 1.29 is 24.3 Å². The second-order valence-electron chi connectivity index (χ2n) is 4.50. The van der Waals surface area contributed by atoms with Crippen LogP contribution in [0.3, 0.4) is 0 Å². The first-order chi connectivity index (χ1) is 9.85. The molecule has 1 aliphatic heterocycles. The number of ketones is 2. The van der Waals surface area contributed by atoms with E-state index in [1.807, 2.05) is 0 Å². The summed E-state index contributed by atoms with van der Waals surface area (Å²) in [5.41, 5.74) is 0. The third-order valence-electron chi connectivity index (χ3n) is 2.68. The molecule has 1 saturated heterocycles. The molecule has 7 nitrogen and oxygen atoms in total. The molecular formula is C14H16N2O5. The van der Waals surface area contributed by atoms with E-state index in [9.17, 15) is 19.2 Å². The number of hydrogen-bond acceptors (Lipinski definition) is 6. The number of allylic oxidation sites excluding steroid dienone is 3. The summed E-state index contributed by atoms with van der Waals surface area (Å²) >= 11 is 0. The Hall–Kier alpha value is -2.54. The molecule has 1 N–H and O–H groups in total. The van der Waals surface area contributed by atoms with Gasteiger partial charge in [0.2, 0.25) is 11.7 Å². The smallest absolute Gasteiger partial charge is 0.298 e. The summed E-state index contributed by atoms with van der Waals surface area (Å²) < 4.78 is 0. The number of imide groups is 1. The normalized spacial score (nSPS) is 18.2. The second-order valence-corrected chi connectivity index (χ2v) is 4.50. The van der Waals surface area contributed by atoms with E-state index in [1.54, 1.807) is 0 Å². The van der Waals surface area contributed by atoms with Crippen molar-refractivity contribution in [3.63, 3.8) is 0 Å². The lowest BCUT2D eigenvalue weighted by Crippen LogP contribution is -2.43. The van der Waals surface area contributed by atoms with E-state index in [4.69, 9.17) is 5.11 Å². The van der Waals surface area contributed by atoms with E-state index in [1.165, 1.54) is 30.2 Å². The number of carbonyl (C=O) groups excluding carboxylic acids is 4. The van der Waals surface area contributed by atoms with Crippen LogP contribution in [0.25, 0.3) is 0 Å². The molecule has 112 valence electrons. The van der Waals surface area contributed by atoms with Crippen LogP contribution >= 0.6 is 0 Å². The fourth-order valence-electron chi connectivity index (χ4n) is 1.64. The van der Waals surface area contributed by atoms with E-state index in [-0.39, 0.29) is 18.8 Å². The number of hydrogen-bond donors (Lipinski definition) is 1. The van der Waals surface area contributed by atoms with Crippen LogP contribution in [-0.2, 0) is 19.2 Å². The first-order valence-electron chi connectivity index (χ1n) is 6.13. The maximum atomic E-state index is 11.8. The summed E-state index contributed by atoms with van der Waals surface area (Å²) in [5.74, 6) is -2.97. The molecule has 21 heavy (non-hydrogen) atoms. The van der Waals surface area contributed by atoms with Gasteiger partial charge in [-0.1, -0.05) is 12.7 Å². The lowest BCUT2D eigenvalue weighted by Gasteiger charge is -2.16. The van der Waals surface area contributed by atoms with Crippen molar-refractivity contribution in [2.75, 3.05) is 26.7 Å². The van der Waals surface area contributed by atoms with Gasteiger partial charge in [-0.2, -0.15) is 0 Å². The third-order valence-corrected chi connectivity index (χ3v) is 2.68. The lowest BCUT2D eigenvalue weighted by molar-refractivity contribution is -0.150. The van der Waals surface area contributed by atoms with Crippen LogP contribution in [0.15, 0.2) is 36.6 Å². The molecular weight excluding hydrogens is 276 g/mol. The Bertz CT molecular complexity index is 548. The molecule has 1 heterocycles. The molecule has 0 aromatic carbocycles. The highest BCUT2D eigenvalue weighted by Crippen LogP contribution is 2.03. The molecule has 0 aliphatic carbocycles. The van der Waals surface area contributed by atoms with E-state index in [0.717, 1.165) is 6.08 Å². The molecule has 1 rings (SSSR count). The number of Topliss-reactive ketones (excluding diaryl/α,β-unsaturated/α-hetero) is 1. The molecule has 0 atom stereocenters. The molecule has 0 radical (unpaired) electrons. The number of amides is 2. The topological polar surface area (TPSA) is 95.0 Å². The highest BCUT2D eigenvalue weighted by molar-refractivity contribution is 6.40. The largest absolute Gasteiger partial charge is 0.508 e. The van der Waals surface area contributed by atoms with E-state index >= 15 is 0 Å². The zero-order valence-corrected chi connectivity index (χ0v) is 11.6. The zero-order chi connectivity index (χ0) is 16.0. The monoisotopic (exact) mass is 292 g/mol. The third kappa shape index (κ3) is 4.81. The Kier molecular flexibility index (Phi) is 5.74. The molecule has 0 unspecified atom stereocenters. The first kappa shape index (κ1) is 16.5. The van der Waals surface area contributed by atoms with Gasteiger partial charge in [0.15, 0.2) is 5.78 Å². The number of nitrogens with zero attached hydrogens (tertiary/aromatic N) is 2. The minimum Gasteiger partial charge on any atom is -0.508 e. The average molecular weight is 292 g/mol. The predicted octanol–water partition coefficient (Wildman–Crippen LogP) is -0.391. The van der Waals surface area contributed by atoms with Gasteiger partial charge < -0.3 is 5.11 Å². The molecule has 0 aromatic rings. The predicted molar refractivity (Wildman–Crippen MR) is 74.3 cm³/mol. The maximum Gasteiger partial charge on any atom is 0.298 e. The van der Waals surface area contributed by atoms with Gasteiger partial charge in [0.05, 0.1) is 19.6 Å². The van der Waals surface area contributed by atoms with Crippen LogP contribution in [0.2, 0.25) is 0 Å². The summed E-state index contributed by atoms with van der Waals surface area (Å²) in [6, 6.07) is 0. The van der Waals surface area contributed by atoms with Crippen molar-refractivity contribution in [1.82, 2.24) is 9.80 Å². The summed E-state index contributed by atoms with van der Waals surface area (Å²) in [6.45, 7) is 2.56. The Labute approximate surface area is 121 Å². The molecule has 0 spiro atoms. The summed E-state index contributed by atoms with van der Waals surface area (Å²) in [7, 11) is 1.54. The summed E-state index contributed by atoms with van der Waals surface area (Å²) in [4.78, 5) is 48.8. The Morgan fingerprint density at radius 3 is 2.62 bits per heavy atom. The Morgan fingerprint density at radius 2 is 2.00 bits per heavy atom. The average Bonchev–Trinajstić information content (AvgIpc) is 2.50. The molecule has 0 bridgehead atoms. The molecule has 2 amide bonds. The van der Waals surface area contributed by atoms with Gasteiger partial charge in [0, 0.05) is 0 Å². The molecule has 1 fully saturated rings. The molecule has 0 aromatic heterocycles. The van der Waals surface area contributed by atoms with Crippen LogP contribution in [0.4, 0.5) is 0 Å². The van der Waals surface area contributed by atoms with Crippen molar-refractivity contribution in [2.45, 2.75) is 0 Å². The lowest BCUT2D eigenvalue weighted by atomic mass is 10.2. The first-order valence-corrected chi connectivity index (χ1v) is 6.13. The number of aliphatic hydroxyl groups excluding tert-OH is 1. The van der Waals surface area contributed by atoms with Crippen molar-refractivity contribution in [3.8, 4) is 0 Å². The number of aliphatic hydroxyl groups is 1. The van der Waals surface area contributed by atoms with Gasteiger partial charge in [-0.05, 0) is 25.3 Å². The Balaban J connectivity index is 2.77. The molecule has 0 saturated carbocycles. The Morgan fingerprint density at radius 1 is 1.33 bits per heavy atom. The standard InChI is InChI=1S/C14H16N2O5/c1-3-10(17)5-4-6-11(18)7-16-13(20)9-15(2)8-12(19)14(16)21/h3-6,17H,1,7-9H2,2H3/b6-4+,10-5+. The number of carbonyl (C=O) groups is 4. The second kappa shape index (κ2) is 7.30. The van der Waals surface area contributed by atoms with E-state index in [0.29, 0.717) is 4.90 Å². The van der Waals surface area contributed by atoms with Crippen molar-refractivity contribution in [3.05, 3.63) is 36.6 Å². The zero-order valence-electron chi connectivity index (χ0n) is 11.6. The summed E-state index contributed by atoms with van der Waals surface area (Å²) in [6.07, 6.45) is 4.78. The van der Waals surface area contributed by atoms with Gasteiger partial charge in [-0.25, -0.2) is 0 Å². The highest BCUT2D eigenvalue weighted by atomic mass is 16.3. The van der Waals surface area contributed by atoms with Gasteiger partial charge >= 0.3 is 0 Å². The maximum absolute atomic E-state index is 11.8. The van der Waals surface area contributed by atoms with Gasteiger partial charge in [-0.15, -0.1) is 0 Å². The minimum absolute atomic E-state index is 0.106. The SMILES string of the molecule is C=C/C(O)=C\C=C\C(=O)CN1C(=O)CN(C)CC(=O)C1=O. The number of rotatable bonds is 5. The van der Waals surface area contributed by atoms with Crippen LogP contribution in [0.1, 0.15) is 0 Å². The van der Waals surface area contributed by atoms with Crippen LogP contribution < -0.4 is 0 Å². The van der Waals surface area contributed by atoms with Crippen LogP contribution in [0, 0.1) is 0 Å². The van der Waals surface area contributed by atoms with Crippen molar-refractivity contribution in [2.24, 2.45) is 0 Å². The summed E-state index contributed by atoms with van der Waals surface area (Å²) in [5, 5.41) is 9.09. The van der Waals surface area contributed by atoms with Gasteiger partial charge in [0.25, 0.3) is 5.91 Å². The van der Waals surface area contributed by atoms with Crippen molar-refractivity contribution >= 4 is 23.4 Å². The number of likely N-dealkylation sites (N-methyl/N-ethyl adjacent to an activating group) is 1. The molecule has 1 aliphatic rings. The van der Waals surface area contributed by atoms with Crippen LogP contribution in [0.5, 0.6) is 0 Å². The quantitative estimate of drug-likeness (QED) is 0.244. The van der Waals surface area contributed by atoms with E-state index in [2.05, 4.69) is 6.58 Å². The van der Waals surface area contributed by atoms with Crippen molar-refractivity contribution in [1.29, 1.82) is 0 Å². The highest BCUT2D eigenvalue weighted by Gasteiger charge is 2.33. The molecule has 7 heteroatoms. The van der Waals surface area contributed by atoms with Gasteiger partial charge in [-0.3, -0.25) is 29.0 Å². The minimum atomic E-state index is -0.976. The fourth-order valence-corrected chi connectivity index (χ4v) is 1.64. The van der Waals surface area contributed by atoms with Crippen LogP contribution in [-0.4, -0.2) is 65.0 Å². The van der Waals surface area contributed by atoms with Gasteiger partial charge in [0.1, 0.15) is 5.76 Å². The van der Waals surface area contributed by atoms with E-state index < -0.39 is 29.9 Å².